The Labute approximate surface area is 195 Å². The molecule has 0 saturated carbocycles. The van der Waals surface area contributed by atoms with E-state index < -0.39 is 14.9 Å². The number of carbonyl (C=O) groups is 1. The molecule has 34 heavy (non-hydrogen) atoms. The lowest BCUT2D eigenvalue weighted by Crippen LogP contribution is -2.50. The molecular weight excluding hydrogens is 462 g/mol. The third kappa shape index (κ3) is 4.97. The Morgan fingerprint density at radius 2 is 1.74 bits per heavy atom. The maximum atomic E-state index is 12.8. The number of nitro benzene ring substituents is 1. The van der Waals surface area contributed by atoms with Gasteiger partial charge in [0.15, 0.2) is 0 Å². The zero-order chi connectivity index (χ0) is 24.3. The molecule has 3 aromatic rings. The highest BCUT2D eigenvalue weighted by atomic mass is 32.2. The van der Waals surface area contributed by atoms with Crippen molar-refractivity contribution in [3.63, 3.8) is 0 Å². The van der Waals surface area contributed by atoms with E-state index in [1.165, 1.54) is 16.4 Å². The minimum Gasteiger partial charge on any atom is -0.340 e. The fourth-order valence-corrected chi connectivity index (χ4v) is 5.31. The van der Waals surface area contributed by atoms with Gasteiger partial charge in [-0.15, -0.1) is 0 Å². The Bertz CT molecular complexity index is 1380. The van der Waals surface area contributed by atoms with Crippen LogP contribution in [0, 0.1) is 10.1 Å². The first-order valence-electron chi connectivity index (χ1n) is 10.8. The number of non-ortho nitro benzene ring substituents is 1. The number of fused-ring (bicyclic) bond motifs is 1. The van der Waals surface area contributed by atoms with Crippen molar-refractivity contribution in [1.29, 1.82) is 0 Å². The monoisotopic (exact) mass is 485 g/mol. The highest BCUT2D eigenvalue weighted by molar-refractivity contribution is 7.89. The third-order valence-corrected chi connectivity index (χ3v) is 7.66. The summed E-state index contributed by atoms with van der Waals surface area (Å²) in [6.45, 7) is 0.807. The predicted molar refractivity (Wildman–Crippen MR) is 124 cm³/mol. The number of rotatable bonds is 7. The molecular formula is C22H23N5O6S. The van der Waals surface area contributed by atoms with Crippen LogP contribution < -0.4 is 5.56 Å². The van der Waals surface area contributed by atoms with Gasteiger partial charge in [0.05, 0.1) is 20.7 Å². The van der Waals surface area contributed by atoms with Crippen molar-refractivity contribution >= 4 is 32.5 Å². The average Bonchev–Trinajstić information content (AvgIpc) is 2.84. The first-order valence-corrected chi connectivity index (χ1v) is 12.2. The van der Waals surface area contributed by atoms with Gasteiger partial charge >= 0.3 is 0 Å². The molecule has 4 rings (SSSR count). The molecule has 1 amide bonds. The largest absolute Gasteiger partial charge is 0.340 e. The zero-order valence-electron chi connectivity index (χ0n) is 18.2. The lowest BCUT2D eigenvalue weighted by Gasteiger charge is -2.34. The number of aromatic nitrogens is 2. The Hall–Kier alpha value is -3.64. The normalized spacial score (nSPS) is 14.9. The number of piperazine rings is 1. The van der Waals surface area contributed by atoms with E-state index in [1.807, 2.05) is 6.07 Å². The number of carbonyl (C=O) groups excluding carboxylic acids is 1. The highest BCUT2D eigenvalue weighted by Gasteiger charge is 2.30. The van der Waals surface area contributed by atoms with E-state index in [9.17, 15) is 28.1 Å². The first kappa shape index (κ1) is 23.5. The van der Waals surface area contributed by atoms with Gasteiger partial charge in [0.1, 0.15) is 5.82 Å². The smallest absolute Gasteiger partial charge is 0.269 e. The molecule has 1 fully saturated rings. The minimum atomic E-state index is -3.80. The second kappa shape index (κ2) is 9.69. The molecule has 178 valence electrons. The SMILES string of the molecule is O=C(CCCc1nc2ccccc2c(=O)[nH]1)N1CCN(S(=O)(=O)c2ccc([N+](=O)[O-])cc2)CC1. The molecule has 11 nitrogen and oxygen atoms in total. The van der Waals surface area contributed by atoms with Gasteiger partial charge in [0.2, 0.25) is 15.9 Å². The Kier molecular flexibility index (Phi) is 6.70. The van der Waals surface area contributed by atoms with Crippen LogP contribution in [0.2, 0.25) is 0 Å². The Morgan fingerprint density at radius 3 is 2.41 bits per heavy atom. The molecule has 1 aliphatic heterocycles. The van der Waals surface area contributed by atoms with Crippen molar-refractivity contribution in [1.82, 2.24) is 19.2 Å². The van der Waals surface area contributed by atoms with Crippen LogP contribution in [0.3, 0.4) is 0 Å². The molecule has 1 aromatic heterocycles. The minimum absolute atomic E-state index is 0.0187. The number of amides is 1. The summed E-state index contributed by atoms with van der Waals surface area (Å²) in [6.07, 6.45) is 1.20. The fraction of sp³-hybridized carbons (Fsp3) is 0.318. The lowest BCUT2D eigenvalue weighted by molar-refractivity contribution is -0.384. The molecule has 2 heterocycles. The molecule has 0 aliphatic carbocycles. The van der Waals surface area contributed by atoms with E-state index >= 15 is 0 Å². The van der Waals surface area contributed by atoms with Gasteiger partial charge in [-0.2, -0.15) is 4.31 Å². The van der Waals surface area contributed by atoms with E-state index in [0.717, 1.165) is 12.1 Å². The van der Waals surface area contributed by atoms with E-state index in [1.54, 1.807) is 23.1 Å². The van der Waals surface area contributed by atoms with E-state index in [2.05, 4.69) is 9.97 Å². The summed E-state index contributed by atoms with van der Waals surface area (Å²) in [5.74, 6) is 0.436. The summed E-state index contributed by atoms with van der Waals surface area (Å²) < 4.78 is 26.9. The number of hydrogen-bond donors (Lipinski definition) is 1. The molecule has 0 atom stereocenters. The van der Waals surface area contributed by atoms with Crippen LogP contribution in [0.15, 0.2) is 58.2 Å². The van der Waals surface area contributed by atoms with Crippen molar-refractivity contribution in [3.05, 3.63) is 74.8 Å². The van der Waals surface area contributed by atoms with Crippen LogP contribution in [0.1, 0.15) is 18.7 Å². The molecule has 1 saturated heterocycles. The number of hydrogen-bond acceptors (Lipinski definition) is 7. The van der Waals surface area contributed by atoms with Crippen molar-refractivity contribution < 1.29 is 18.1 Å². The van der Waals surface area contributed by atoms with Crippen LogP contribution in [0.25, 0.3) is 10.9 Å². The summed E-state index contributed by atoms with van der Waals surface area (Å²) in [7, 11) is -3.80. The molecule has 1 aliphatic rings. The van der Waals surface area contributed by atoms with Gasteiger partial charge in [-0.25, -0.2) is 13.4 Å². The molecule has 2 aromatic carbocycles. The maximum absolute atomic E-state index is 12.8. The van der Waals surface area contributed by atoms with Gasteiger partial charge in [-0.05, 0) is 30.7 Å². The summed E-state index contributed by atoms with van der Waals surface area (Å²) in [5.41, 5.74) is 0.215. The molecule has 0 unspecified atom stereocenters. The number of sulfonamides is 1. The van der Waals surface area contributed by atoms with E-state index in [0.29, 0.717) is 29.6 Å². The summed E-state index contributed by atoms with van der Waals surface area (Å²) in [6, 6.07) is 11.8. The van der Waals surface area contributed by atoms with Crippen LogP contribution in [0.5, 0.6) is 0 Å². The molecule has 0 radical (unpaired) electrons. The first-order chi connectivity index (χ1) is 16.3. The molecule has 1 N–H and O–H groups in total. The number of H-pyrrole nitrogens is 1. The summed E-state index contributed by atoms with van der Waals surface area (Å²) in [5, 5.41) is 11.3. The Morgan fingerprint density at radius 1 is 1.06 bits per heavy atom. The number of benzene rings is 2. The third-order valence-electron chi connectivity index (χ3n) is 5.74. The summed E-state index contributed by atoms with van der Waals surface area (Å²) >= 11 is 0. The number of aryl methyl sites for hydroxylation is 1. The molecule has 0 spiro atoms. The lowest BCUT2D eigenvalue weighted by atomic mass is 10.2. The summed E-state index contributed by atoms with van der Waals surface area (Å²) in [4.78, 5) is 43.7. The Balaban J connectivity index is 1.29. The van der Waals surface area contributed by atoms with Crippen LogP contribution in [0.4, 0.5) is 5.69 Å². The van der Waals surface area contributed by atoms with Crippen LogP contribution >= 0.6 is 0 Å². The quantitative estimate of drug-likeness (QED) is 0.396. The topological polar surface area (TPSA) is 147 Å². The van der Waals surface area contributed by atoms with Gasteiger partial charge in [0, 0.05) is 51.2 Å². The second-order valence-corrected chi connectivity index (χ2v) is 9.86. The standard InChI is InChI=1S/C22H23N5O6S/c28-21(7-3-6-20-23-19-5-2-1-4-18(19)22(29)24-20)25-12-14-26(15-13-25)34(32,33)17-10-8-16(9-11-17)27(30)31/h1-2,4-5,8-11H,3,6-7,12-15H2,(H,23,24,29). The van der Waals surface area contributed by atoms with Gasteiger partial charge < -0.3 is 9.88 Å². The number of para-hydroxylation sites is 1. The van der Waals surface area contributed by atoms with Crippen molar-refractivity contribution in [2.24, 2.45) is 0 Å². The van der Waals surface area contributed by atoms with Gasteiger partial charge in [-0.1, -0.05) is 12.1 Å². The van der Waals surface area contributed by atoms with Gasteiger partial charge in [-0.3, -0.25) is 19.7 Å². The van der Waals surface area contributed by atoms with Crippen molar-refractivity contribution in [3.8, 4) is 0 Å². The van der Waals surface area contributed by atoms with Crippen LogP contribution in [-0.2, 0) is 21.2 Å². The van der Waals surface area contributed by atoms with Crippen molar-refractivity contribution in [2.45, 2.75) is 24.2 Å². The predicted octanol–water partition coefficient (Wildman–Crippen LogP) is 1.69. The highest BCUT2D eigenvalue weighted by Crippen LogP contribution is 2.21. The second-order valence-electron chi connectivity index (χ2n) is 7.92. The van der Waals surface area contributed by atoms with Crippen LogP contribution in [-0.4, -0.2) is 64.6 Å². The number of aromatic amines is 1. The maximum Gasteiger partial charge on any atom is 0.269 e. The average molecular weight is 486 g/mol. The zero-order valence-corrected chi connectivity index (χ0v) is 19.0. The fourth-order valence-electron chi connectivity index (χ4n) is 3.89. The number of nitrogens with one attached hydrogen (secondary N) is 1. The van der Waals surface area contributed by atoms with Crippen molar-refractivity contribution in [2.75, 3.05) is 26.2 Å². The van der Waals surface area contributed by atoms with Gasteiger partial charge in [0.25, 0.3) is 11.2 Å². The number of nitro groups is 1. The van der Waals surface area contributed by atoms with E-state index in [-0.39, 0.29) is 54.6 Å². The molecule has 12 heteroatoms. The number of nitrogens with zero attached hydrogens (tertiary/aromatic N) is 4. The van der Waals surface area contributed by atoms with E-state index in [4.69, 9.17) is 0 Å². The molecule has 0 bridgehead atoms.